The van der Waals surface area contributed by atoms with E-state index in [2.05, 4.69) is 5.32 Å². The molecule has 0 atom stereocenters. The van der Waals surface area contributed by atoms with Crippen molar-refractivity contribution in [2.45, 2.75) is 6.92 Å². The van der Waals surface area contributed by atoms with Gasteiger partial charge in [0.05, 0.1) is 16.7 Å². The number of hydrogen-bond donors (Lipinski definition) is 2. The number of rotatable bonds is 3. The average molecular weight is 290 g/mol. The van der Waals surface area contributed by atoms with Gasteiger partial charge in [0.2, 0.25) is 0 Å². The number of nitrogens with zero attached hydrogens (tertiary/aromatic N) is 1. The van der Waals surface area contributed by atoms with Crippen molar-refractivity contribution in [3.8, 4) is 5.75 Å². The van der Waals surface area contributed by atoms with Crippen LogP contribution in [-0.4, -0.2) is 15.9 Å². The molecule has 2 N–H and O–H groups in total. The van der Waals surface area contributed by atoms with Crippen LogP contribution in [0.2, 0.25) is 0 Å². The van der Waals surface area contributed by atoms with E-state index in [0.717, 1.165) is 17.7 Å². The van der Waals surface area contributed by atoms with Crippen LogP contribution in [0.15, 0.2) is 36.4 Å². The van der Waals surface area contributed by atoms with Crippen molar-refractivity contribution in [3.05, 3.63) is 63.5 Å². The number of nitro groups is 1. The predicted molar refractivity (Wildman–Crippen MR) is 73.9 cm³/mol. The van der Waals surface area contributed by atoms with E-state index in [9.17, 15) is 24.4 Å². The van der Waals surface area contributed by atoms with Crippen LogP contribution in [0.5, 0.6) is 5.75 Å². The fourth-order valence-electron chi connectivity index (χ4n) is 1.78. The van der Waals surface area contributed by atoms with Gasteiger partial charge >= 0.3 is 0 Å². The van der Waals surface area contributed by atoms with Crippen molar-refractivity contribution >= 4 is 17.3 Å². The Hall–Kier alpha value is -2.96. The number of halogens is 1. The summed E-state index contributed by atoms with van der Waals surface area (Å²) in [7, 11) is 0. The Kier molecular flexibility index (Phi) is 3.84. The zero-order chi connectivity index (χ0) is 15.6. The smallest absolute Gasteiger partial charge is 0.285 e. The summed E-state index contributed by atoms with van der Waals surface area (Å²) in [6, 6.07) is 7.22. The van der Waals surface area contributed by atoms with Crippen LogP contribution in [0.25, 0.3) is 0 Å². The maximum Gasteiger partial charge on any atom is 0.285 e. The lowest BCUT2D eigenvalue weighted by molar-refractivity contribution is -0.385. The Bertz CT molecular complexity index is 731. The third-order valence-corrected chi connectivity index (χ3v) is 2.80. The minimum absolute atomic E-state index is 0.115. The van der Waals surface area contributed by atoms with Crippen molar-refractivity contribution in [1.29, 1.82) is 0 Å². The third-order valence-electron chi connectivity index (χ3n) is 2.80. The summed E-state index contributed by atoms with van der Waals surface area (Å²) in [6.07, 6.45) is 0. The van der Waals surface area contributed by atoms with Crippen LogP contribution in [0.3, 0.4) is 0 Å². The molecular formula is C14H11FN2O4. The topological polar surface area (TPSA) is 92.5 Å². The molecule has 0 aliphatic carbocycles. The van der Waals surface area contributed by atoms with Gasteiger partial charge in [-0.15, -0.1) is 0 Å². The molecule has 0 bridgehead atoms. The molecule has 0 radical (unpaired) electrons. The van der Waals surface area contributed by atoms with Gasteiger partial charge in [-0.25, -0.2) is 4.39 Å². The molecule has 2 aromatic carbocycles. The number of nitrogens with one attached hydrogen (secondary N) is 1. The first kappa shape index (κ1) is 14.4. The van der Waals surface area contributed by atoms with Crippen LogP contribution in [0.4, 0.5) is 15.8 Å². The van der Waals surface area contributed by atoms with E-state index >= 15 is 0 Å². The van der Waals surface area contributed by atoms with E-state index in [1.807, 2.05) is 0 Å². The highest BCUT2D eigenvalue weighted by molar-refractivity contribution is 6.07. The third kappa shape index (κ3) is 3.14. The lowest BCUT2D eigenvalue weighted by Gasteiger charge is -2.08. The summed E-state index contributed by atoms with van der Waals surface area (Å²) in [5, 5.41) is 22.9. The Labute approximate surface area is 119 Å². The van der Waals surface area contributed by atoms with Crippen molar-refractivity contribution in [2.24, 2.45) is 0 Å². The minimum atomic E-state index is -0.840. The summed E-state index contributed by atoms with van der Waals surface area (Å²) in [5.74, 6) is -1.77. The summed E-state index contributed by atoms with van der Waals surface area (Å²) >= 11 is 0. The molecule has 0 aliphatic rings. The van der Waals surface area contributed by atoms with Gasteiger partial charge in [0.1, 0.15) is 17.1 Å². The van der Waals surface area contributed by atoms with E-state index in [1.54, 1.807) is 13.0 Å². The number of anilines is 1. The first-order chi connectivity index (χ1) is 9.88. The molecule has 7 heteroatoms. The summed E-state index contributed by atoms with van der Waals surface area (Å²) in [4.78, 5) is 22.1. The monoisotopic (exact) mass is 290 g/mol. The van der Waals surface area contributed by atoms with Gasteiger partial charge < -0.3 is 10.4 Å². The molecule has 0 saturated heterocycles. The minimum Gasteiger partial charge on any atom is -0.506 e. The molecule has 2 rings (SSSR count). The van der Waals surface area contributed by atoms with Gasteiger partial charge in [-0.05, 0) is 36.8 Å². The number of benzene rings is 2. The molecule has 6 nitrogen and oxygen atoms in total. The number of aryl methyl sites for hydroxylation is 1. The lowest BCUT2D eigenvalue weighted by atomic mass is 10.1. The molecule has 0 spiro atoms. The number of aromatic hydroxyl groups is 1. The van der Waals surface area contributed by atoms with E-state index in [0.29, 0.717) is 6.07 Å². The Morgan fingerprint density at radius 2 is 2.00 bits per heavy atom. The van der Waals surface area contributed by atoms with Crippen LogP contribution < -0.4 is 5.32 Å². The van der Waals surface area contributed by atoms with Crippen LogP contribution in [0, 0.1) is 22.9 Å². The van der Waals surface area contributed by atoms with E-state index < -0.39 is 22.3 Å². The fraction of sp³-hybridized carbons (Fsp3) is 0.0714. The summed E-state index contributed by atoms with van der Waals surface area (Å²) in [6.45, 7) is 1.76. The second kappa shape index (κ2) is 5.58. The van der Waals surface area contributed by atoms with Crippen LogP contribution in [0.1, 0.15) is 15.9 Å². The van der Waals surface area contributed by atoms with Crippen molar-refractivity contribution in [2.75, 3.05) is 5.32 Å². The molecule has 21 heavy (non-hydrogen) atoms. The van der Waals surface area contributed by atoms with Gasteiger partial charge in [0.15, 0.2) is 0 Å². The first-order valence-corrected chi connectivity index (χ1v) is 5.93. The molecule has 0 aromatic heterocycles. The Balaban J connectivity index is 2.34. The normalized spacial score (nSPS) is 10.2. The number of carbonyl (C=O) groups excluding carboxylic acids is 1. The molecule has 1 amide bonds. The molecule has 0 fully saturated rings. The zero-order valence-corrected chi connectivity index (χ0v) is 11.0. The fourth-order valence-corrected chi connectivity index (χ4v) is 1.78. The number of amides is 1. The van der Waals surface area contributed by atoms with Crippen LogP contribution in [-0.2, 0) is 0 Å². The average Bonchev–Trinajstić information content (AvgIpc) is 2.41. The maximum absolute atomic E-state index is 13.0. The van der Waals surface area contributed by atoms with E-state index in [1.165, 1.54) is 12.1 Å². The van der Waals surface area contributed by atoms with Gasteiger partial charge in [0.25, 0.3) is 11.6 Å². The van der Waals surface area contributed by atoms with Gasteiger partial charge in [-0.2, -0.15) is 0 Å². The second-order valence-electron chi connectivity index (χ2n) is 4.39. The molecule has 0 aliphatic heterocycles. The molecule has 0 unspecified atom stereocenters. The number of hydrogen-bond acceptors (Lipinski definition) is 4. The standard InChI is InChI=1S/C14H11FN2O4/c1-8-2-5-11(13(18)6-8)16-14(19)10-4-3-9(15)7-12(10)17(20)21/h2-7,18H,1H3,(H,16,19). The van der Waals surface area contributed by atoms with Gasteiger partial charge in [-0.3, -0.25) is 14.9 Å². The highest BCUT2D eigenvalue weighted by Crippen LogP contribution is 2.26. The molecule has 108 valence electrons. The number of phenolic OH excluding ortho intramolecular Hbond substituents is 1. The first-order valence-electron chi connectivity index (χ1n) is 5.93. The van der Waals surface area contributed by atoms with E-state index in [4.69, 9.17) is 0 Å². The van der Waals surface area contributed by atoms with E-state index in [-0.39, 0.29) is 17.0 Å². The number of nitro benzene ring substituents is 1. The van der Waals surface area contributed by atoms with Gasteiger partial charge in [0, 0.05) is 0 Å². The molecule has 0 saturated carbocycles. The van der Waals surface area contributed by atoms with Gasteiger partial charge in [-0.1, -0.05) is 6.07 Å². The lowest BCUT2D eigenvalue weighted by Crippen LogP contribution is -2.14. The predicted octanol–water partition coefficient (Wildman–Crippen LogP) is 3.00. The SMILES string of the molecule is Cc1ccc(NC(=O)c2ccc(F)cc2[N+](=O)[O-])c(O)c1. The second-order valence-corrected chi connectivity index (χ2v) is 4.39. The summed E-state index contributed by atoms with van der Waals surface area (Å²) < 4.78 is 13.0. The highest BCUT2D eigenvalue weighted by Gasteiger charge is 2.21. The molecule has 0 heterocycles. The highest BCUT2D eigenvalue weighted by atomic mass is 19.1. The van der Waals surface area contributed by atoms with Crippen molar-refractivity contribution < 1.29 is 19.2 Å². The van der Waals surface area contributed by atoms with Crippen molar-refractivity contribution in [1.82, 2.24) is 0 Å². The quantitative estimate of drug-likeness (QED) is 0.516. The number of carbonyl (C=O) groups is 1. The maximum atomic E-state index is 13.0. The van der Waals surface area contributed by atoms with Crippen molar-refractivity contribution in [3.63, 3.8) is 0 Å². The number of phenols is 1. The molecular weight excluding hydrogens is 279 g/mol. The Morgan fingerprint density at radius 1 is 1.29 bits per heavy atom. The largest absolute Gasteiger partial charge is 0.506 e. The van der Waals surface area contributed by atoms with Crippen LogP contribution >= 0.6 is 0 Å². The summed E-state index contributed by atoms with van der Waals surface area (Å²) in [5.41, 5.74) is -0.0250. The Morgan fingerprint density at radius 3 is 2.62 bits per heavy atom. The molecule has 2 aromatic rings. The zero-order valence-electron chi connectivity index (χ0n) is 11.0.